The highest BCUT2D eigenvalue weighted by molar-refractivity contribution is 7.22. The normalized spacial score (nSPS) is 10.9. The van der Waals surface area contributed by atoms with Crippen molar-refractivity contribution in [3.8, 4) is 32.6 Å². The molecule has 0 aliphatic rings. The zero-order chi connectivity index (χ0) is 26.5. The van der Waals surface area contributed by atoms with Crippen molar-refractivity contribution in [1.29, 1.82) is 0 Å². The number of hydrogen-bond donors (Lipinski definition) is 3. The molecule has 0 saturated heterocycles. The quantitative estimate of drug-likeness (QED) is 0.184. The zero-order valence-electron chi connectivity index (χ0n) is 21.3. The Bertz CT molecular complexity index is 1620. The van der Waals surface area contributed by atoms with E-state index in [0.717, 1.165) is 66.6 Å². The second-order valence-electron chi connectivity index (χ2n) is 8.84. The van der Waals surface area contributed by atoms with E-state index >= 15 is 0 Å². The monoisotopic (exact) mass is 539 g/mol. The van der Waals surface area contributed by atoms with Crippen LogP contribution in [0.1, 0.15) is 25.8 Å². The molecule has 0 unspecified atom stereocenters. The molecule has 0 radical (unpaired) electrons. The lowest BCUT2D eigenvalue weighted by atomic mass is 10.1. The summed E-state index contributed by atoms with van der Waals surface area (Å²) in [5, 5.41) is 25.2. The predicted octanol–water partition coefficient (Wildman–Crippen LogP) is 8.72. The Labute approximate surface area is 230 Å². The largest absolute Gasteiger partial charge is 0.507 e. The van der Waals surface area contributed by atoms with E-state index in [1.807, 2.05) is 73.7 Å². The molecule has 6 rings (SSSR count). The van der Waals surface area contributed by atoms with Crippen LogP contribution in [-0.4, -0.2) is 26.7 Å². The standard InChI is InChI=1S/C16H15NOS.C15H14N2OS/c1-2-5-11-8-9-12(14(18)10-11)16-17-13-6-3-4-7-15(13)19-16;1-2-16-10-7-8-13(18)11(9-10)15-17-12-5-3-4-6-14(12)19-15/h3-4,6-10,18H,2,5H2,1H3;3-9,16,18H,2H2,1H3. The third-order valence-electron chi connectivity index (χ3n) is 6.03. The van der Waals surface area contributed by atoms with Gasteiger partial charge < -0.3 is 15.5 Å². The average molecular weight is 540 g/mol. The van der Waals surface area contributed by atoms with E-state index < -0.39 is 0 Å². The van der Waals surface area contributed by atoms with Crippen molar-refractivity contribution < 1.29 is 10.2 Å². The topological polar surface area (TPSA) is 78.3 Å². The fraction of sp³-hybridized carbons (Fsp3) is 0.161. The third-order valence-corrected chi connectivity index (χ3v) is 8.17. The van der Waals surface area contributed by atoms with E-state index in [4.69, 9.17) is 0 Å². The summed E-state index contributed by atoms with van der Waals surface area (Å²) in [6.45, 7) is 5.03. The minimum Gasteiger partial charge on any atom is -0.507 e. The molecule has 192 valence electrons. The smallest absolute Gasteiger partial charge is 0.128 e. The molecule has 5 nitrogen and oxygen atoms in total. The highest BCUT2D eigenvalue weighted by Crippen LogP contribution is 2.37. The number of thiazole rings is 2. The Balaban J connectivity index is 0.000000155. The molecule has 3 N–H and O–H groups in total. The summed E-state index contributed by atoms with van der Waals surface area (Å²) in [6, 6.07) is 27.5. The van der Waals surface area contributed by atoms with Gasteiger partial charge >= 0.3 is 0 Å². The van der Waals surface area contributed by atoms with E-state index in [1.165, 1.54) is 5.56 Å². The van der Waals surface area contributed by atoms with Crippen molar-refractivity contribution in [3.63, 3.8) is 0 Å². The molecule has 2 heterocycles. The van der Waals surface area contributed by atoms with Gasteiger partial charge in [0.1, 0.15) is 21.5 Å². The maximum atomic E-state index is 10.2. The number of aromatic hydroxyl groups is 2. The lowest BCUT2D eigenvalue weighted by Crippen LogP contribution is -1.96. The van der Waals surface area contributed by atoms with Crippen LogP contribution in [0.15, 0.2) is 84.9 Å². The average Bonchev–Trinajstić information content (AvgIpc) is 3.55. The zero-order valence-corrected chi connectivity index (χ0v) is 22.9. The lowest BCUT2D eigenvalue weighted by Gasteiger charge is -2.06. The van der Waals surface area contributed by atoms with E-state index in [2.05, 4.69) is 34.3 Å². The minimum absolute atomic E-state index is 0.265. The van der Waals surface area contributed by atoms with Gasteiger partial charge in [-0.15, -0.1) is 22.7 Å². The van der Waals surface area contributed by atoms with Crippen LogP contribution >= 0.6 is 22.7 Å². The van der Waals surface area contributed by atoms with Crippen LogP contribution in [0.4, 0.5) is 5.69 Å². The van der Waals surface area contributed by atoms with Crippen LogP contribution in [0, 0.1) is 0 Å². The first-order valence-electron chi connectivity index (χ1n) is 12.7. The van der Waals surface area contributed by atoms with E-state index in [-0.39, 0.29) is 5.75 Å². The summed E-state index contributed by atoms with van der Waals surface area (Å²) in [5.41, 5.74) is 5.72. The Hall–Kier alpha value is -3.94. The number of nitrogens with one attached hydrogen (secondary N) is 1. The number of nitrogens with zero attached hydrogens (tertiary/aromatic N) is 2. The molecular formula is C31H29N3O2S2. The molecule has 0 aliphatic carbocycles. The first-order chi connectivity index (χ1) is 18.6. The minimum atomic E-state index is 0.265. The number of phenols is 2. The van der Waals surface area contributed by atoms with E-state index in [1.54, 1.807) is 28.7 Å². The third kappa shape index (κ3) is 5.64. The number of anilines is 1. The fourth-order valence-corrected chi connectivity index (χ4v) is 6.19. The summed E-state index contributed by atoms with van der Waals surface area (Å²) < 4.78 is 2.28. The summed E-state index contributed by atoms with van der Waals surface area (Å²) >= 11 is 3.21. The van der Waals surface area contributed by atoms with Crippen molar-refractivity contribution in [2.24, 2.45) is 0 Å². The van der Waals surface area contributed by atoms with Crippen LogP contribution in [0.5, 0.6) is 11.5 Å². The van der Waals surface area contributed by atoms with Crippen LogP contribution in [-0.2, 0) is 6.42 Å². The molecule has 2 aromatic heterocycles. The van der Waals surface area contributed by atoms with Crippen LogP contribution in [0.3, 0.4) is 0 Å². The summed E-state index contributed by atoms with van der Waals surface area (Å²) in [5.74, 6) is 0.589. The molecule has 0 fully saturated rings. The second kappa shape index (κ2) is 11.6. The van der Waals surface area contributed by atoms with Gasteiger partial charge in [-0.3, -0.25) is 0 Å². The number of phenolic OH excluding ortho intramolecular Hbond substituents is 2. The van der Waals surface area contributed by atoms with E-state index in [9.17, 15) is 10.2 Å². The number of rotatable bonds is 6. The van der Waals surface area contributed by atoms with Crippen molar-refractivity contribution in [2.75, 3.05) is 11.9 Å². The molecule has 38 heavy (non-hydrogen) atoms. The van der Waals surface area contributed by atoms with Gasteiger partial charge in [0.05, 0.1) is 31.6 Å². The van der Waals surface area contributed by atoms with Gasteiger partial charge in [-0.05, 0) is 73.5 Å². The fourth-order valence-electron chi connectivity index (χ4n) is 4.20. The maximum Gasteiger partial charge on any atom is 0.128 e. The molecule has 7 heteroatoms. The van der Waals surface area contributed by atoms with Crippen LogP contribution in [0.25, 0.3) is 41.6 Å². The molecule has 0 amide bonds. The number of hydrogen-bond acceptors (Lipinski definition) is 7. The summed E-state index contributed by atoms with van der Waals surface area (Å²) in [7, 11) is 0. The number of benzene rings is 4. The van der Waals surface area contributed by atoms with Crippen molar-refractivity contribution in [3.05, 3.63) is 90.5 Å². The first-order valence-corrected chi connectivity index (χ1v) is 14.3. The maximum absolute atomic E-state index is 10.2. The van der Waals surface area contributed by atoms with Crippen molar-refractivity contribution >= 4 is 48.8 Å². The molecule has 0 atom stereocenters. The van der Waals surface area contributed by atoms with Gasteiger partial charge in [-0.25, -0.2) is 9.97 Å². The van der Waals surface area contributed by atoms with Gasteiger partial charge in [0.2, 0.25) is 0 Å². The molecule has 0 spiro atoms. The Morgan fingerprint density at radius 2 is 1.32 bits per heavy atom. The van der Waals surface area contributed by atoms with Crippen molar-refractivity contribution in [2.45, 2.75) is 26.7 Å². The second-order valence-corrected chi connectivity index (χ2v) is 10.9. The van der Waals surface area contributed by atoms with Gasteiger partial charge in [0, 0.05) is 12.2 Å². The lowest BCUT2D eigenvalue weighted by molar-refractivity contribution is 0.476. The van der Waals surface area contributed by atoms with E-state index in [0.29, 0.717) is 5.75 Å². The Morgan fingerprint density at radius 3 is 1.89 bits per heavy atom. The first kappa shape index (κ1) is 25.7. The molecule has 0 aliphatic heterocycles. The Morgan fingerprint density at radius 1 is 0.684 bits per heavy atom. The van der Waals surface area contributed by atoms with Gasteiger partial charge in [0.25, 0.3) is 0 Å². The van der Waals surface area contributed by atoms with Gasteiger partial charge in [0.15, 0.2) is 0 Å². The molecule has 4 aromatic carbocycles. The summed E-state index contributed by atoms with van der Waals surface area (Å²) in [6.07, 6.45) is 2.08. The summed E-state index contributed by atoms with van der Waals surface area (Å²) in [4.78, 5) is 9.15. The molecule has 0 bridgehead atoms. The highest BCUT2D eigenvalue weighted by Gasteiger charge is 2.12. The molecule has 6 aromatic rings. The SMILES string of the molecule is CCCc1ccc(-c2nc3ccccc3s2)c(O)c1.CCNc1ccc(O)c(-c2nc3ccccc3s2)c1. The Kier molecular flexibility index (Phi) is 7.86. The van der Waals surface area contributed by atoms with Gasteiger partial charge in [-0.1, -0.05) is 43.7 Å². The number of aryl methyl sites for hydroxylation is 1. The number of fused-ring (bicyclic) bond motifs is 2. The molecular weight excluding hydrogens is 510 g/mol. The number of aromatic nitrogens is 2. The van der Waals surface area contributed by atoms with Crippen molar-refractivity contribution in [1.82, 2.24) is 9.97 Å². The number of para-hydroxylation sites is 2. The predicted molar refractivity (Wildman–Crippen MR) is 162 cm³/mol. The van der Waals surface area contributed by atoms with Crippen LogP contribution in [0.2, 0.25) is 0 Å². The molecule has 0 saturated carbocycles. The van der Waals surface area contributed by atoms with Crippen LogP contribution < -0.4 is 5.32 Å². The van der Waals surface area contributed by atoms with Gasteiger partial charge in [-0.2, -0.15) is 0 Å². The highest BCUT2D eigenvalue weighted by atomic mass is 32.1.